The Labute approximate surface area is 229 Å². The van der Waals surface area contributed by atoms with Crippen LogP contribution in [0.5, 0.6) is 11.5 Å². The van der Waals surface area contributed by atoms with Gasteiger partial charge in [0.1, 0.15) is 6.61 Å². The van der Waals surface area contributed by atoms with Crippen LogP contribution in [-0.2, 0) is 17.9 Å². The van der Waals surface area contributed by atoms with Crippen LogP contribution in [0.3, 0.4) is 0 Å². The van der Waals surface area contributed by atoms with Gasteiger partial charge in [-0.2, -0.15) is 0 Å². The molecule has 2 amide bonds. The van der Waals surface area contributed by atoms with Gasteiger partial charge in [0.05, 0.1) is 27.1 Å². The van der Waals surface area contributed by atoms with Crippen molar-refractivity contribution in [2.75, 3.05) is 7.11 Å². The first-order valence-corrected chi connectivity index (χ1v) is 12.8. The smallest absolute Gasteiger partial charge is 0.293 e. The molecular weight excluding hydrogens is 619 g/mol. The number of benzene rings is 3. The number of methoxy groups -OCH3 is 1. The number of halogens is 2. The maximum atomic E-state index is 13.0. The first kappa shape index (κ1) is 26.0. The molecule has 0 bridgehead atoms. The Morgan fingerprint density at radius 3 is 2.56 bits per heavy atom. The van der Waals surface area contributed by atoms with Crippen LogP contribution < -0.4 is 9.47 Å². The third-order valence-corrected chi connectivity index (χ3v) is 7.20. The Hall–Kier alpha value is -3.09. The van der Waals surface area contributed by atoms with Crippen LogP contribution >= 0.6 is 46.0 Å². The van der Waals surface area contributed by atoms with Crippen molar-refractivity contribution in [3.05, 3.63) is 101 Å². The molecule has 3 aromatic rings. The molecule has 184 valence electrons. The van der Waals surface area contributed by atoms with E-state index in [1.54, 1.807) is 30.3 Å². The summed E-state index contributed by atoms with van der Waals surface area (Å²) in [5, 5.41) is 11.4. The minimum absolute atomic E-state index is 0.144. The van der Waals surface area contributed by atoms with Gasteiger partial charge in [0.2, 0.25) is 0 Å². The SMILES string of the molecule is COc1cc(/C=C2/SC(=O)N(Cc3ccccc3[N+](=O)[O-])C2=O)cc(I)c1OCc1ccc(Cl)cc1. The number of nitro groups is 1. The molecule has 0 atom stereocenters. The third kappa shape index (κ3) is 5.82. The number of carbonyl (C=O) groups excluding carboxylic acids is 2. The largest absolute Gasteiger partial charge is 0.493 e. The summed E-state index contributed by atoms with van der Waals surface area (Å²) in [6.07, 6.45) is 1.60. The summed E-state index contributed by atoms with van der Waals surface area (Å²) in [5.41, 5.74) is 1.72. The van der Waals surface area contributed by atoms with Gasteiger partial charge in [-0.25, -0.2) is 0 Å². The molecule has 11 heteroatoms. The molecule has 0 N–H and O–H groups in total. The van der Waals surface area contributed by atoms with Crippen molar-refractivity contribution in [1.82, 2.24) is 4.90 Å². The average molecular weight is 637 g/mol. The van der Waals surface area contributed by atoms with Crippen molar-refractivity contribution in [1.29, 1.82) is 0 Å². The maximum absolute atomic E-state index is 13.0. The van der Waals surface area contributed by atoms with Crippen molar-refractivity contribution in [2.45, 2.75) is 13.2 Å². The molecule has 0 radical (unpaired) electrons. The fraction of sp³-hybridized carbons (Fsp3) is 0.120. The van der Waals surface area contributed by atoms with E-state index < -0.39 is 16.1 Å². The van der Waals surface area contributed by atoms with E-state index in [1.807, 2.05) is 18.2 Å². The molecular formula is C25H18ClIN2O6S. The van der Waals surface area contributed by atoms with Gasteiger partial charge < -0.3 is 9.47 Å². The summed E-state index contributed by atoms with van der Waals surface area (Å²) in [5.74, 6) is 0.510. The third-order valence-electron chi connectivity index (χ3n) is 5.24. The molecule has 1 aliphatic heterocycles. The van der Waals surface area contributed by atoms with Crippen molar-refractivity contribution < 1.29 is 24.0 Å². The fourth-order valence-corrected chi connectivity index (χ4v) is 5.23. The Morgan fingerprint density at radius 2 is 1.86 bits per heavy atom. The van der Waals surface area contributed by atoms with Gasteiger partial charge in [0, 0.05) is 16.7 Å². The van der Waals surface area contributed by atoms with E-state index in [1.165, 1.54) is 25.3 Å². The number of thioether (sulfide) groups is 1. The lowest BCUT2D eigenvalue weighted by Crippen LogP contribution is -2.27. The van der Waals surface area contributed by atoms with E-state index in [0.29, 0.717) is 28.7 Å². The molecule has 1 saturated heterocycles. The highest BCUT2D eigenvalue weighted by Crippen LogP contribution is 2.38. The topological polar surface area (TPSA) is 99.0 Å². The van der Waals surface area contributed by atoms with Crippen molar-refractivity contribution in [3.63, 3.8) is 0 Å². The summed E-state index contributed by atoms with van der Waals surface area (Å²) in [7, 11) is 1.52. The predicted molar refractivity (Wildman–Crippen MR) is 146 cm³/mol. The second kappa shape index (κ2) is 11.3. The van der Waals surface area contributed by atoms with Crippen LogP contribution in [0.4, 0.5) is 10.5 Å². The van der Waals surface area contributed by atoms with Crippen LogP contribution in [0.2, 0.25) is 5.02 Å². The number of imide groups is 1. The molecule has 0 aliphatic carbocycles. The van der Waals surface area contributed by atoms with Crippen molar-refractivity contribution in [2.24, 2.45) is 0 Å². The average Bonchev–Trinajstić information content (AvgIpc) is 3.11. The molecule has 8 nitrogen and oxygen atoms in total. The van der Waals surface area contributed by atoms with E-state index in [0.717, 1.165) is 25.8 Å². The van der Waals surface area contributed by atoms with Crippen molar-refractivity contribution in [3.8, 4) is 11.5 Å². The van der Waals surface area contributed by atoms with Gasteiger partial charge in [0.25, 0.3) is 16.8 Å². The fourth-order valence-electron chi connectivity index (χ4n) is 3.48. The molecule has 1 heterocycles. The molecule has 0 saturated carbocycles. The van der Waals surface area contributed by atoms with Gasteiger partial charge in [-0.15, -0.1) is 0 Å². The van der Waals surface area contributed by atoms with E-state index in [4.69, 9.17) is 21.1 Å². The summed E-state index contributed by atoms with van der Waals surface area (Å²) in [4.78, 5) is 37.5. The standard InChI is InChI=1S/C25H18ClIN2O6S/c1-34-21-11-16(10-19(27)23(21)35-14-15-6-8-18(26)9-7-15)12-22-24(30)28(25(31)36-22)13-17-4-2-3-5-20(17)29(32)33/h2-12H,13-14H2,1H3/b22-12+. The summed E-state index contributed by atoms with van der Waals surface area (Å²) in [6.45, 7) is 0.130. The first-order chi connectivity index (χ1) is 17.3. The summed E-state index contributed by atoms with van der Waals surface area (Å²) in [6, 6.07) is 16.9. The van der Waals surface area contributed by atoms with Gasteiger partial charge in [-0.3, -0.25) is 24.6 Å². The minimum atomic E-state index is -0.533. The second-order valence-electron chi connectivity index (χ2n) is 7.60. The quantitative estimate of drug-likeness (QED) is 0.118. The maximum Gasteiger partial charge on any atom is 0.293 e. The highest BCUT2D eigenvalue weighted by atomic mass is 127. The van der Waals surface area contributed by atoms with E-state index in [-0.39, 0.29) is 22.7 Å². The van der Waals surface area contributed by atoms with Crippen molar-refractivity contribution >= 4 is 68.9 Å². The Bertz CT molecular complexity index is 1380. The van der Waals surface area contributed by atoms with Gasteiger partial charge in [-0.1, -0.05) is 41.9 Å². The zero-order valence-corrected chi connectivity index (χ0v) is 22.5. The zero-order chi connectivity index (χ0) is 25.8. The number of hydrogen-bond donors (Lipinski definition) is 0. The zero-order valence-electron chi connectivity index (χ0n) is 18.8. The summed E-state index contributed by atoms with van der Waals surface area (Å²) >= 11 is 8.84. The number of carbonyl (C=O) groups is 2. The molecule has 1 fully saturated rings. The monoisotopic (exact) mass is 636 g/mol. The number of rotatable bonds is 8. The number of amides is 2. The Kier molecular flexibility index (Phi) is 8.17. The predicted octanol–water partition coefficient (Wildman–Crippen LogP) is 6.68. The lowest BCUT2D eigenvalue weighted by Gasteiger charge is -2.14. The number of ether oxygens (including phenoxy) is 2. The lowest BCUT2D eigenvalue weighted by molar-refractivity contribution is -0.385. The Balaban J connectivity index is 1.54. The Morgan fingerprint density at radius 1 is 1.14 bits per heavy atom. The molecule has 3 aromatic carbocycles. The van der Waals surface area contributed by atoms with Gasteiger partial charge in [-0.05, 0) is 75.8 Å². The summed E-state index contributed by atoms with van der Waals surface area (Å²) < 4.78 is 12.2. The first-order valence-electron chi connectivity index (χ1n) is 10.5. The molecule has 1 aliphatic rings. The van der Waals surface area contributed by atoms with Crippen LogP contribution in [0.15, 0.2) is 65.6 Å². The second-order valence-corrected chi connectivity index (χ2v) is 10.2. The normalized spacial score (nSPS) is 14.4. The highest BCUT2D eigenvalue weighted by molar-refractivity contribution is 14.1. The molecule has 0 aromatic heterocycles. The highest BCUT2D eigenvalue weighted by Gasteiger charge is 2.36. The van der Waals surface area contributed by atoms with Crippen LogP contribution in [0, 0.1) is 13.7 Å². The van der Waals surface area contributed by atoms with E-state index in [9.17, 15) is 19.7 Å². The van der Waals surface area contributed by atoms with Crippen LogP contribution in [-0.4, -0.2) is 28.1 Å². The van der Waals surface area contributed by atoms with E-state index >= 15 is 0 Å². The van der Waals surface area contributed by atoms with Gasteiger partial charge in [0.15, 0.2) is 11.5 Å². The number of hydrogen-bond acceptors (Lipinski definition) is 7. The number of para-hydroxylation sites is 1. The number of nitrogens with zero attached hydrogens (tertiary/aromatic N) is 2. The number of nitro benzene ring substituents is 1. The van der Waals surface area contributed by atoms with Gasteiger partial charge >= 0.3 is 0 Å². The molecule has 0 spiro atoms. The van der Waals surface area contributed by atoms with Crippen LogP contribution in [0.25, 0.3) is 6.08 Å². The lowest BCUT2D eigenvalue weighted by atomic mass is 10.1. The minimum Gasteiger partial charge on any atom is -0.493 e. The molecule has 4 rings (SSSR count). The molecule has 36 heavy (non-hydrogen) atoms. The molecule has 0 unspecified atom stereocenters. The van der Waals surface area contributed by atoms with Crippen LogP contribution in [0.1, 0.15) is 16.7 Å². The van der Waals surface area contributed by atoms with E-state index in [2.05, 4.69) is 22.6 Å².